The molecule has 1 amide bonds. The number of benzene rings is 2. The third-order valence-electron chi connectivity index (χ3n) is 3.98. The summed E-state index contributed by atoms with van der Waals surface area (Å²) in [6.45, 7) is 1.39. The van der Waals surface area contributed by atoms with Gasteiger partial charge in [-0.2, -0.15) is 0 Å². The Labute approximate surface area is 151 Å². The minimum Gasteiger partial charge on any atom is -0.356 e. The number of nitrogens with one attached hydrogen (secondary N) is 1. The average molecular weight is 347 g/mol. The van der Waals surface area contributed by atoms with Gasteiger partial charge < -0.3 is 11.1 Å². The topological polar surface area (TPSA) is 55.1 Å². The fourth-order valence-corrected chi connectivity index (χ4v) is 2.72. The fraction of sp³-hybridized carbons (Fsp3) is 0.350. The maximum atomic E-state index is 12.2. The van der Waals surface area contributed by atoms with Gasteiger partial charge in [0.15, 0.2) is 0 Å². The zero-order valence-electron chi connectivity index (χ0n) is 14.0. The lowest BCUT2D eigenvalue weighted by atomic mass is 9.89. The monoisotopic (exact) mass is 346 g/mol. The second kappa shape index (κ2) is 11.7. The van der Waals surface area contributed by atoms with Gasteiger partial charge in [0.1, 0.15) is 0 Å². The molecule has 0 bridgehead atoms. The van der Waals surface area contributed by atoms with Crippen molar-refractivity contribution in [1.82, 2.24) is 5.32 Å². The highest BCUT2D eigenvalue weighted by Crippen LogP contribution is 2.24. The molecule has 0 radical (unpaired) electrons. The number of rotatable bonds is 9. The molecule has 3 N–H and O–H groups in total. The van der Waals surface area contributed by atoms with Crippen molar-refractivity contribution in [3.05, 3.63) is 71.8 Å². The SMILES string of the molecule is Cl.NCCCCNC(=O)CC(Cc1ccccc1)c1ccccc1. The molecule has 130 valence electrons. The van der Waals surface area contributed by atoms with Crippen molar-refractivity contribution in [2.24, 2.45) is 5.73 Å². The van der Waals surface area contributed by atoms with Gasteiger partial charge in [0.2, 0.25) is 5.91 Å². The van der Waals surface area contributed by atoms with E-state index < -0.39 is 0 Å². The Balaban J connectivity index is 0.00000288. The molecule has 2 aromatic rings. The molecule has 4 heteroatoms. The van der Waals surface area contributed by atoms with Crippen LogP contribution in [0.5, 0.6) is 0 Å². The lowest BCUT2D eigenvalue weighted by Gasteiger charge is -2.17. The van der Waals surface area contributed by atoms with Gasteiger partial charge in [-0.3, -0.25) is 4.79 Å². The summed E-state index contributed by atoms with van der Waals surface area (Å²) in [7, 11) is 0. The zero-order chi connectivity index (χ0) is 16.3. The van der Waals surface area contributed by atoms with E-state index in [-0.39, 0.29) is 24.2 Å². The molecule has 0 aromatic heterocycles. The van der Waals surface area contributed by atoms with Crippen LogP contribution in [0.3, 0.4) is 0 Å². The lowest BCUT2D eigenvalue weighted by molar-refractivity contribution is -0.121. The van der Waals surface area contributed by atoms with Crippen LogP contribution in [-0.4, -0.2) is 19.0 Å². The fourth-order valence-electron chi connectivity index (χ4n) is 2.72. The molecule has 2 aromatic carbocycles. The molecule has 1 atom stereocenters. The van der Waals surface area contributed by atoms with Gasteiger partial charge in [0, 0.05) is 13.0 Å². The minimum absolute atomic E-state index is 0. The zero-order valence-corrected chi connectivity index (χ0v) is 14.8. The molecule has 0 aliphatic heterocycles. The molecule has 0 heterocycles. The number of carbonyl (C=O) groups excluding carboxylic acids is 1. The average Bonchev–Trinajstić information content (AvgIpc) is 2.60. The highest BCUT2D eigenvalue weighted by atomic mass is 35.5. The smallest absolute Gasteiger partial charge is 0.220 e. The van der Waals surface area contributed by atoms with E-state index in [0.717, 1.165) is 19.3 Å². The molecule has 0 aliphatic carbocycles. The van der Waals surface area contributed by atoms with E-state index in [0.29, 0.717) is 19.5 Å². The predicted molar refractivity (Wildman–Crippen MR) is 102 cm³/mol. The summed E-state index contributed by atoms with van der Waals surface area (Å²) in [5.74, 6) is 0.319. The molecule has 1 unspecified atom stereocenters. The van der Waals surface area contributed by atoms with Crippen LogP contribution >= 0.6 is 12.4 Å². The summed E-state index contributed by atoms with van der Waals surface area (Å²) >= 11 is 0. The van der Waals surface area contributed by atoms with E-state index in [4.69, 9.17) is 5.73 Å². The third kappa shape index (κ3) is 7.16. The Morgan fingerprint density at radius 3 is 2.21 bits per heavy atom. The number of hydrogen-bond donors (Lipinski definition) is 2. The van der Waals surface area contributed by atoms with Crippen LogP contribution in [0, 0.1) is 0 Å². The Morgan fingerprint density at radius 1 is 0.958 bits per heavy atom. The van der Waals surface area contributed by atoms with Gasteiger partial charge in [-0.15, -0.1) is 12.4 Å². The predicted octanol–water partition coefficient (Wildman–Crippen LogP) is 3.68. The van der Waals surface area contributed by atoms with Crippen molar-refractivity contribution in [3.63, 3.8) is 0 Å². The van der Waals surface area contributed by atoms with E-state index in [1.807, 2.05) is 36.4 Å². The Bertz CT molecular complexity index is 575. The van der Waals surface area contributed by atoms with Crippen LogP contribution < -0.4 is 11.1 Å². The van der Waals surface area contributed by atoms with Gasteiger partial charge in [0.25, 0.3) is 0 Å². The molecule has 0 aliphatic rings. The number of unbranched alkanes of at least 4 members (excludes halogenated alkanes) is 1. The van der Waals surface area contributed by atoms with Crippen molar-refractivity contribution in [2.75, 3.05) is 13.1 Å². The van der Waals surface area contributed by atoms with Crippen LogP contribution in [0.15, 0.2) is 60.7 Å². The molecule has 0 fully saturated rings. The standard InChI is InChI=1S/C20H26N2O.ClH/c21-13-7-8-14-22-20(23)16-19(18-11-5-2-6-12-18)15-17-9-3-1-4-10-17;/h1-6,9-12,19H,7-8,13-16,21H2,(H,22,23);1H. The van der Waals surface area contributed by atoms with Crippen molar-refractivity contribution in [2.45, 2.75) is 31.6 Å². The van der Waals surface area contributed by atoms with Crippen molar-refractivity contribution < 1.29 is 4.79 Å². The van der Waals surface area contributed by atoms with Gasteiger partial charge >= 0.3 is 0 Å². The molecule has 0 saturated heterocycles. The summed E-state index contributed by atoms with van der Waals surface area (Å²) in [4.78, 5) is 12.2. The van der Waals surface area contributed by atoms with Crippen molar-refractivity contribution in [1.29, 1.82) is 0 Å². The highest BCUT2D eigenvalue weighted by Gasteiger charge is 2.16. The number of carbonyl (C=O) groups is 1. The second-order valence-corrected chi connectivity index (χ2v) is 5.85. The number of hydrogen-bond acceptors (Lipinski definition) is 2. The number of nitrogens with two attached hydrogens (primary N) is 1. The summed E-state index contributed by atoms with van der Waals surface area (Å²) in [5.41, 5.74) is 7.95. The normalized spacial score (nSPS) is 11.4. The largest absolute Gasteiger partial charge is 0.356 e. The Kier molecular flexibility index (Phi) is 9.81. The molecule has 0 saturated carbocycles. The minimum atomic E-state index is 0. The van der Waals surface area contributed by atoms with Crippen LogP contribution in [-0.2, 0) is 11.2 Å². The maximum Gasteiger partial charge on any atom is 0.220 e. The number of amides is 1. The maximum absolute atomic E-state index is 12.2. The van der Waals surface area contributed by atoms with Crippen LogP contribution in [0.2, 0.25) is 0 Å². The van der Waals surface area contributed by atoms with Crippen LogP contribution in [0.1, 0.15) is 36.3 Å². The van der Waals surface area contributed by atoms with E-state index >= 15 is 0 Å². The van der Waals surface area contributed by atoms with E-state index in [9.17, 15) is 4.79 Å². The first-order chi connectivity index (χ1) is 11.3. The van der Waals surface area contributed by atoms with Crippen LogP contribution in [0.4, 0.5) is 0 Å². The van der Waals surface area contributed by atoms with Crippen LogP contribution in [0.25, 0.3) is 0 Å². The first-order valence-electron chi connectivity index (χ1n) is 8.35. The van der Waals surface area contributed by atoms with Gasteiger partial charge in [-0.25, -0.2) is 0 Å². The highest BCUT2D eigenvalue weighted by molar-refractivity contribution is 5.85. The van der Waals surface area contributed by atoms with Gasteiger partial charge in [-0.05, 0) is 42.9 Å². The third-order valence-corrected chi connectivity index (χ3v) is 3.98. The van der Waals surface area contributed by atoms with Crippen molar-refractivity contribution >= 4 is 18.3 Å². The lowest BCUT2D eigenvalue weighted by Crippen LogP contribution is -2.27. The summed E-state index contributed by atoms with van der Waals surface area (Å²) in [5, 5.41) is 3.01. The molecular weight excluding hydrogens is 320 g/mol. The molecule has 0 spiro atoms. The molecule has 2 rings (SSSR count). The first kappa shape index (κ1) is 20.2. The number of halogens is 1. The van der Waals surface area contributed by atoms with Gasteiger partial charge in [-0.1, -0.05) is 60.7 Å². The summed E-state index contributed by atoms with van der Waals surface area (Å²) in [6.07, 6.45) is 3.28. The molecular formula is C20H27ClN2O. The van der Waals surface area contributed by atoms with E-state index in [1.165, 1.54) is 11.1 Å². The second-order valence-electron chi connectivity index (χ2n) is 5.85. The van der Waals surface area contributed by atoms with E-state index in [2.05, 4.69) is 29.6 Å². The van der Waals surface area contributed by atoms with Gasteiger partial charge in [0.05, 0.1) is 0 Å². The van der Waals surface area contributed by atoms with E-state index in [1.54, 1.807) is 0 Å². The molecule has 24 heavy (non-hydrogen) atoms. The Morgan fingerprint density at radius 2 is 1.58 bits per heavy atom. The Hall–Kier alpha value is -1.84. The first-order valence-corrected chi connectivity index (χ1v) is 8.35. The van der Waals surface area contributed by atoms with Crippen molar-refractivity contribution in [3.8, 4) is 0 Å². The summed E-state index contributed by atoms with van der Waals surface area (Å²) in [6, 6.07) is 20.6. The quantitative estimate of drug-likeness (QED) is 0.680. The summed E-state index contributed by atoms with van der Waals surface area (Å²) < 4.78 is 0. The molecule has 3 nitrogen and oxygen atoms in total.